The minimum absolute atomic E-state index is 0.117. The van der Waals surface area contributed by atoms with Crippen LogP contribution in [-0.2, 0) is 15.2 Å². The highest BCUT2D eigenvalue weighted by Crippen LogP contribution is 2.46. The monoisotopic (exact) mass is 593 g/mol. The smallest absolute Gasteiger partial charge is 0.250 e. The zero-order chi connectivity index (χ0) is 31.1. The maximum Gasteiger partial charge on any atom is 0.250 e. The van der Waals surface area contributed by atoms with Gasteiger partial charge in [0.2, 0.25) is 5.92 Å². The SMILES string of the molecule is Cc1ccnc(N2CCCC2C(=O)N(c2cc(F)cc(C(C)(C)O)c2)C(C(=O)CC2CC(F)(F)C2)c2ccccc2C)c1. The molecular formula is C34H38F3N3O3. The highest BCUT2D eigenvalue weighted by Gasteiger charge is 2.48. The van der Waals surface area contributed by atoms with Crippen molar-refractivity contribution in [3.05, 3.63) is 88.9 Å². The second-order valence-corrected chi connectivity index (χ2v) is 12.6. The first-order valence-electron chi connectivity index (χ1n) is 14.8. The van der Waals surface area contributed by atoms with Gasteiger partial charge in [-0.15, -0.1) is 0 Å². The Morgan fingerprint density at radius 3 is 2.49 bits per heavy atom. The molecule has 6 nitrogen and oxygen atoms in total. The maximum absolute atomic E-state index is 15.2. The number of pyridine rings is 1. The fourth-order valence-corrected chi connectivity index (χ4v) is 6.28. The highest BCUT2D eigenvalue weighted by atomic mass is 19.3. The Kier molecular flexibility index (Phi) is 8.40. The standard InChI is InChI=1S/C34H38F3N3O3/c1-21-11-12-38-30(14-21)39-13-7-10-28(39)32(42)40(26-17-24(33(3,4)43)16-25(35)18-26)31(27-9-6-5-8-22(27)2)29(41)15-23-19-34(36,37)20-23/h5-6,8-9,11-12,14,16-18,23,28,31,43H,7,10,13,15,19-20H2,1-4H3. The highest BCUT2D eigenvalue weighted by molar-refractivity contribution is 6.05. The van der Waals surface area contributed by atoms with Gasteiger partial charge in [0, 0.05) is 37.7 Å². The minimum Gasteiger partial charge on any atom is -0.386 e. The number of amides is 1. The van der Waals surface area contributed by atoms with Gasteiger partial charge < -0.3 is 10.0 Å². The first-order valence-corrected chi connectivity index (χ1v) is 14.8. The van der Waals surface area contributed by atoms with Crippen LogP contribution >= 0.6 is 0 Å². The molecular weight excluding hydrogens is 555 g/mol. The molecule has 2 heterocycles. The third kappa shape index (κ3) is 6.61. The van der Waals surface area contributed by atoms with E-state index in [0.717, 1.165) is 11.1 Å². The number of alkyl halides is 2. The third-order valence-electron chi connectivity index (χ3n) is 8.55. The summed E-state index contributed by atoms with van der Waals surface area (Å²) in [7, 11) is 0. The molecule has 2 aliphatic rings. The van der Waals surface area contributed by atoms with E-state index >= 15 is 4.39 Å². The minimum atomic E-state index is -2.80. The number of aromatic nitrogens is 1. The Morgan fingerprint density at radius 1 is 1.12 bits per heavy atom. The van der Waals surface area contributed by atoms with Crippen LogP contribution in [-0.4, -0.2) is 40.3 Å². The largest absolute Gasteiger partial charge is 0.386 e. The molecule has 1 amide bonds. The van der Waals surface area contributed by atoms with Gasteiger partial charge in [-0.2, -0.15) is 0 Å². The van der Waals surface area contributed by atoms with E-state index in [1.165, 1.54) is 36.9 Å². The summed E-state index contributed by atoms with van der Waals surface area (Å²) in [6.45, 7) is 7.36. The molecule has 0 spiro atoms. The van der Waals surface area contributed by atoms with Gasteiger partial charge in [0.05, 0.1) is 5.60 Å². The van der Waals surface area contributed by atoms with Crippen molar-refractivity contribution in [1.82, 2.24) is 4.98 Å². The number of hydrogen-bond donors (Lipinski definition) is 1. The summed E-state index contributed by atoms with van der Waals surface area (Å²) >= 11 is 0. The molecule has 1 aliphatic heterocycles. The van der Waals surface area contributed by atoms with E-state index in [1.54, 1.807) is 18.3 Å². The van der Waals surface area contributed by atoms with Crippen LogP contribution in [0.2, 0.25) is 0 Å². The number of aliphatic hydroxyl groups is 1. The summed E-state index contributed by atoms with van der Waals surface area (Å²) in [5.41, 5.74) is 1.17. The second-order valence-electron chi connectivity index (χ2n) is 12.6. The first kappa shape index (κ1) is 30.7. The number of carbonyl (C=O) groups is 2. The van der Waals surface area contributed by atoms with Crippen molar-refractivity contribution in [3.8, 4) is 0 Å². The fraction of sp³-hybridized carbons (Fsp3) is 0.441. The van der Waals surface area contributed by atoms with Gasteiger partial charge in [0.15, 0.2) is 5.78 Å². The molecule has 0 radical (unpaired) electrons. The molecule has 2 unspecified atom stereocenters. The van der Waals surface area contributed by atoms with E-state index in [2.05, 4.69) is 4.98 Å². The molecule has 43 heavy (non-hydrogen) atoms. The van der Waals surface area contributed by atoms with Gasteiger partial charge in [-0.05, 0) is 99.0 Å². The van der Waals surface area contributed by atoms with Crippen LogP contribution in [0.4, 0.5) is 24.7 Å². The van der Waals surface area contributed by atoms with Crippen LogP contribution in [0, 0.1) is 25.6 Å². The van der Waals surface area contributed by atoms with Crippen LogP contribution in [0.3, 0.4) is 0 Å². The molecule has 9 heteroatoms. The van der Waals surface area contributed by atoms with Gasteiger partial charge in [0.25, 0.3) is 5.91 Å². The zero-order valence-corrected chi connectivity index (χ0v) is 25.0. The average molecular weight is 594 g/mol. The van der Waals surface area contributed by atoms with Crippen molar-refractivity contribution in [1.29, 1.82) is 0 Å². The lowest BCUT2D eigenvalue weighted by Gasteiger charge is -2.39. The fourth-order valence-electron chi connectivity index (χ4n) is 6.28. The summed E-state index contributed by atoms with van der Waals surface area (Å²) in [4.78, 5) is 36.7. The number of aryl methyl sites for hydroxylation is 2. The number of anilines is 2. The van der Waals surface area contributed by atoms with Crippen molar-refractivity contribution in [2.75, 3.05) is 16.3 Å². The molecule has 5 rings (SSSR count). The maximum atomic E-state index is 15.2. The van der Waals surface area contributed by atoms with Crippen LogP contribution in [0.15, 0.2) is 60.8 Å². The van der Waals surface area contributed by atoms with Gasteiger partial charge >= 0.3 is 0 Å². The Labute approximate surface area is 250 Å². The molecule has 2 aromatic carbocycles. The Hall–Kier alpha value is -3.72. The van der Waals surface area contributed by atoms with E-state index in [1.807, 2.05) is 43.0 Å². The topological polar surface area (TPSA) is 73.7 Å². The van der Waals surface area contributed by atoms with E-state index in [4.69, 9.17) is 0 Å². The van der Waals surface area contributed by atoms with E-state index in [9.17, 15) is 23.5 Å². The summed E-state index contributed by atoms with van der Waals surface area (Å²) in [5.74, 6) is -4.17. The summed E-state index contributed by atoms with van der Waals surface area (Å²) in [5, 5.41) is 10.8. The third-order valence-corrected chi connectivity index (χ3v) is 8.55. The average Bonchev–Trinajstić information content (AvgIpc) is 3.40. The molecule has 1 saturated carbocycles. The van der Waals surface area contributed by atoms with Crippen molar-refractivity contribution in [2.45, 2.75) is 83.4 Å². The summed E-state index contributed by atoms with van der Waals surface area (Å²) in [6.07, 6.45) is 1.97. The van der Waals surface area contributed by atoms with Crippen LogP contribution in [0.5, 0.6) is 0 Å². The Morgan fingerprint density at radius 2 is 1.84 bits per heavy atom. The number of rotatable bonds is 9. The Balaban J connectivity index is 1.65. The first-order chi connectivity index (χ1) is 20.2. The van der Waals surface area contributed by atoms with Gasteiger partial charge in [-0.3, -0.25) is 14.5 Å². The van der Waals surface area contributed by atoms with Crippen LogP contribution in [0.25, 0.3) is 0 Å². The van der Waals surface area contributed by atoms with Crippen molar-refractivity contribution in [2.24, 2.45) is 5.92 Å². The lowest BCUT2D eigenvalue weighted by Crippen LogP contribution is -2.50. The van der Waals surface area contributed by atoms with E-state index < -0.39 is 47.0 Å². The van der Waals surface area contributed by atoms with E-state index in [0.29, 0.717) is 30.8 Å². The molecule has 2 fully saturated rings. The van der Waals surface area contributed by atoms with Crippen LogP contribution in [0.1, 0.15) is 74.2 Å². The molecule has 3 aromatic rings. The summed E-state index contributed by atoms with van der Waals surface area (Å²) < 4.78 is 42.7. The van der Waals surface area contributed by atoms with Gasteiger partial charge in [-0.1, -0.05) is 24.3 Å². The number of nitrogens with zero attached hydrogens (tertiary/aromatic N) is 3. The molecule has 1 aromatic heterocycles. The molecule has 0 bridgehead atoms. The van der Waals surface area contributed by atoms with Crippen molar-refractivity contribution >= 4 is 23.2 Å². The van der Waals surface area contributed by atoms with Gasteiger partial charge in [-0.25, -0.2) is 18.2 Å². The quantitative estimate of drug-likeness (QED) is 0.295. The number of benzene rings is 2. The van der Waals surface area contributed by atoms with E-state index in [-0.39, 0.29) is 30.5 Å². The molecule has 2 atom stereocenters. The number of carbonyl (C=O) groups excluding carboxylic acids is 2. The zero-order valence-electron chi connectivity index (χ0n) is 25.0. The lowest BCUT2D eigenvalue weighted by molar-refractivity contribution is -0.135. The molecule has 228 valence electrons. The summed E-state index contributed by atoms with van der Waals surface area (Å²) in [6, 6.07) is 12.9. The van der Waals surface area contributed by atoms with Crippen LogP contribution < -0.4 is 9.80 Å². The molecule has 1 saturated heterocycles. The number of hydrogen-bond acceptors (Lipinski definition) is 5. The Bertz CT molecular complexity index is 1510. The lowest BCUT2D eigenvalue weighted by atomic mass is 9.76. The number of ketones is 1. The van der Waals surface area contributed by atoms with Gasteiger partial charge in [0.1, 0.15) is 23.7 Å². The van der Waals surface area contributed by atoms with Crippen molar-refractivity contribution in [3.63, 3.8) is 0 Å². The molecule has 1 N–H and O–H groups in total. The number of halogens is 3. The molecule has 1 aliphatic carbocycles. The van der Waals surface area contributed by atoms with Crippen molar-refractivity contribution < 1.29 is 27.9 Å². The second kappa shape index (κ2) is 11.8. The predicted molar refractivity (Wildman–Crippen MR) is 160 cm³/mol. The predicted octanol–water partition coefficient (Wildman–Crippen LogP) is 6.81. The normalized spacial score (nSPS) is 19.2. The number of Topliss-reactive ketones (excluding diaryl/α,β-unsaturated/α-hetero) is 1.